The highest BCUT2D eigenvalue weighted by molar-refractivity contribution is 6.42. The van der Waals surface area contributed by atoms with Crippen LogP contribution in [0.2, 0.25) is 15.1 Å². The lowest BCUT2D eigenvalue weighted by molar-refractivity contribution is 0.302. The van der Waals surface area contributed by atoms with Gasteiger partial charge < -0.3 is 10.1 Å². The Hall–Kier alpha value is -0.930. The number of benzene rings is 2. The molecule has 2 aromatic rings. The highest BCUT2D eigenvalue weighted by atomic mass is 35.5. The Balaban J connectivity index is 1.68. The lowest BCUT2D eigenvalue weighted by atomic mass is 10.2. The van der Waals surface area contributed by atoms with E-state index in [0.717, 1.165) is 28.4 Å². The third-order valence-electron chi connectivity index (χ3n) is 3.56. The minimum absolute atomic E-state index is 0.439. The van der Waals surface area contributed by atoms with Gasteiger partial charge >= 0.3 is 0 Å². The van der Waals surface area contributed by atoms with Crippen molar-refractivity contribution in [1.82, 2.24) is 5.32 Å². The largest absolute Gasteiger partial charge is 0.489 e. The van der Waals surface area contributed by atoms with Crippen molar-refractivity contribution < 1.29 is 4.74 Å². The maximum absolute atomic E-state index is 6.09. The summed E-state index contributed by atoms with van der Waals surface area (Å²) >= 11 is 18.0. The Morgan fingerprint density at radius 3 is 2.55 bits per heavy atom. The van der Waals surface area contributed by atoms with E-state index in [1.54, 1.807) is 6.07 Å². The smallest absolute Gasteiger partial charge is 0.124 e. The lowest BCUT2D eigenvalue weighted by Gasteiger charge is -2.13. The molecule has 116 valence electrons. The molecule has 0 atom stereocenters. The summed E-state index contributed by atoms with van der Waals surface area (Å²) in [5.41, 5.74) is 2.05. The average Bonchev–Trinajstić information content (AvgIpc) is 3.32. The van der Waals surface area contributed by atoms with Gasteiger partial charge in [-0.2, -0.15) is 0 Å². The summed E-state index contributed by atoms with van der Waals surface area (Å²) in [6.07, 6.45) is 2.50. The molecule has 0 unspecified atom stereocenters. The van der Waals surface area contributed by atoms with E-state index in [-0.39, 0.29) is 0 Å². The van der Waals surface area contributed by atoms with Gasteiger partial charge in [0.1, 0.15) is 12.4 Å². The van der Waals surface area contributed by atoms with Gasteiger partial charge in [-0.25, -0.2) is 0 Å². The summed E-state index contributed by atoms with van der Waals surface area (Å²) < 4.78 is 5.93. The van der Waals surface area contributed by atoms with E-state index >= 15 is 0 Å². The number of rotatable bonds is 6. The van der Waals surface area contributed by atoms with Crippen LogP contribution in [0.1, 0.15) is 24.0 Å². The minimum Gasteiger partial charge on any atom is -0.489 e. The molecule has 1 saturated carbocycles. The van der Waals surface area contributed by atoms with Gasteiger partial charge in [-0.1, -0.05) is 40.9 Å². The quantitative estimate of drug-likeness (QED) is 0.740. The Morgan fingerprint density at radius 1 is 1.00 bits per heavy atom. The van der Waals surface area contributed by atoms with Gasteiger partial charge in [-0.3, -0.25) is 0 Å². The van der Waals surface area contributed by atoms with Crippen LogP contribution in [0.25, 0.3) is 0 Å². The minimum atomic E-state index is 0.439. The molecule has 5 heteroatoms. The van der Waals surface area contributed by atoms with E-state index in [0.29, 0.717) is 22.7 Å². The predicted molar refractivity (Wildman–Crippen MR) is 92.1 cm³/mol. The van der Waals surface area contributed by atoms with Crippen LogP contribution in [0, 0.1) is 0 Å². The van der Waals surface area contributed by atoms with Crippen LogP contribution in [-0.4, -0.2) is 6.04 Å². The summed E-state index contributed by atoms with van der Waals surface area (Å²) in [6.45, 7) is 1.21. The molecule has 0 amide bonds. The van der Waals surface area contributed by atoms with Gasteiger partial charge in [0.2, 0.25) is 0 Å². The number of ether oxygens (including phenoxy) is 1. The van der Waals surface area contributed by atoms with Crippen LogP contribution in [0.15, 0.2) is 36.4 Å². The zero-order valence-corrected chi connectivity index (χ0v) is 14.2. The molecule has 0 aromatic heterocycles. The van der Waals surface area contributed by atoms with Crippen molar-refractivity contribution in [3.05, 3.63) is 62.6 Å². The number of halogens is 3. The van der Waals surface area contributed by atoms with Crippen LogP contribution in [0.4, 0.5) is 0 Å². The molecule has 1 aliphatic carbocycles. The molecule has 0 radical (unpaired) electrons. The summed E-state index contributed by atoms with van der Waals surface area (Å²) in [7, 11) is 0. The molecular weight excluding hydrogens is 341 g/mol. The van der Waals surface area contributed by atoms with E-state index in [1.807, 2.05) is 30.3 Å². The first-order chi connectivity index (χ1) is 10.6. The van der Waals surface area contributed by atoms with Gasteiger partial charge in [0.25, 0.3) is 0 Å². The highest BCUT2D eigenvalue weighted by Crippen LogP contribution is 2.27. The van der Waals surface area contributed by atoms with Crippen molar-refractivity contribution in [2.45, 2.75) is 32.0 Å². The summed E-state index contributed by atoms with van der Waals surface area (Å²) in [5.74, 6) is 0.837. The monoisotopic (exact) mass is 355 g/mol. The fraction of sp³-hybridized carbons (Fsp3) is 0.294. The van der Waals surface area contributed by atoms with Gasteiger partial charge in [0.15, 0.2) is 0 Å². The summed E-state index contributed by atoms with van der Waals surface area (Å²) in [4.78, 5) is 0. The molecular formula is C17H16Cl3NO. The van der Waals surface area contributed by atoms with E-state index < -0.39 is 0 Å². The number of hydrogen-bond donors (Lipinski definition) is 1. The second-order valence-corrected chi connectivity index (χ2v) is 6.70. The molecule has 2 aromatic carbocycles. The maximum Gasteiger partial charge on any atom is 0.124 e. The molecule has 0 saturated heterocycles. The van der Waals surface area contributed by atoms with Crippen molar-refractivity contribution in [2.75, 3.05) is 0 Å². The van der Waals surface area contributed by atoms with Crippen LogP contribution < -0.4 is 10.1 Å². The average molecular weight is 357 g/mol. The standard InChI is InChI=1S/C17H16Cl3NO/c18-13-2-6-17(12(8-13)9-21-14-3-4-14)22-10-11-1-5-15(19)16(20)7-11/h1-2,5-8,14,21H,3-4,9-10H2. The van der Waals surface area contributed by atoms with Gasteiger partial charge in [-0.05, 0) is 48.7 Å². The first kappa shape index (κ1) is 15.9. The summed E-state index contributed by atoms with van der Waals surface area (Å²) in [6, 6.07) is 11.8. The van der Waals surface area contributed by atoms with E-state index in [9.17, 15) is 0 Å². The lowest BCUT2D eigenvalue weighted by Crippen LogP contribution is -2.16. The van der Waals surface area contributed by atoms with E-state index in [2.05, 4.69) is 5.32 Å². The zero-order chi connectivity index (χ0) is 15.5. The molecule has 0 bridgehead atoms. The Morgan fingerprint density at radius 2 is 1.82 bits per heavy atom. The Bertz CT molecular complexity index is 671. The van der Waals surface area contributed by atoms with Crippen LogP contribution in [-0.2, 0) is 13.2 Å². The predicted octanol–water partition coefficient (Wildman–Crippen LogP) is 5.48. The zero-order valence-electron chi connectivity index (χ0n) is 11.9. The third-order valence-corrected chi connectivity index (χ3v) is 4.53. The number of nitrogens with one attached hydrogen (secondary N) is 1. The fourth-order valence-corrected chi connectivity index (χ4v) is 2.67. The van der Waals surface area contributed by atoms with Crippen molar-refractivity contribution in [3.63, 3.8) is 0 Å². The van der Waals surface area contributed by atoms with Crippen LogP contribution in [0.3, 0.4) is 0 Å². The SMILES string of the molecule is Clc1ccc(OCc2ccc(Cl)c(Cl)c2)c(CNC2CC2)c1. The van der Waals surface area contributed by atoms with Crippen LogP contribution >= 0.6 is 34.8 Å². The topological polar surface area (TPSA) is 21.3 Å². The molecule has 22 heavy (non-hydrogen) atoms. The molecule has 2 nitrogen and oxygen atoms in total. The molecule has 1 N–H and O–H groups in total. The van der Waals surface area contributed by atoms with E-state index in [1.165, 1.54) is 12.8 Å². The first-order valence-electron chi connectivity index (χ1n) is 7.20. The maximum atomic E-state index is 6.09. The molecule has 0 heterocycles. The van der Waals surface area contributed by atoms with Crippen molar-refractivity contribution in [1.29, 1.82) is 0 Å². The fourth-order valence-electron chi connectivity index (χ4n) is 2.16. The van der Waals surface area contributed by atoms with Gasteiger partial charge in [-0.15, -0.1) is 0 Å². The highest BCUT2D eigenvalue weighted by Gasteiger charge is 2.20. The third kappa shape index (κ3) is 4.30. The first-order valence-corrected chi connectivity index (χ1v) is 8.34. The molecule has 0 spiro atoms. The van der Waals surface area contributed by atoms with Crippen molar-refractivity contribution in [2.24, 2.45) is 0 Å². The normalized spacial score (nSPS) is 14.1. The van der Waals surface area contributed by atoms with Gasteiger partial charge in [0.05, 0.1) is 10.0 Å². The van der Waals surface area contributed by atoms with Gasteiger partial charge in [0, 0.05) is 23.2 Å². The molecule has 0 aliphatic heterocycles. The molecule has 3 rings (SSSR count). The second kappa shape index (κ2) is 7.10. The summed E-state index contributed by atoms with van der Waals surface area (Å²) in [5, 5.41) is 5.28. The molecule has 1 aliphatic rings. The Kier molecular flexibility index (Phi) is 5.14. The van der Waals surface area contributed by atoms with Crippen molar-refractivity contribution >= 4 is 34.8 Å². The van der Waals surface area contributed by atoms with E-state index in [4.69, 9.17) is 39.5 Å². The van der Waals surface area contributed by atoms with Crippen molar-refractivity contribution in [3.8, 4) is 5.75 Å². The second-order valence-electron chi connectivity index (χ2n) is 5.44. The Labute approximate surface area is 145 Å². The number of hydrogen-bond acceptors (Lipinski definition) is 2. The molecule has 1 fully saturated rings. The van der Waals surface area contributed by atoms with Crippen LogP contribution in [0.5, 0.6) is 5.75 Å².